The van der Waals surface area contributed by atoms with Gasteiger partial charge in [0, 0.05) is 17.3 Å². The molecular weight excluding hydrogens is 164 g/mol. The molecule has 0 radical (unpaired) electrons. The molecule has 0 aromatic rings. The van der Waals surface area contributed by atoms with Crippen molar-refractivity contribution in [3.8, 4) is 0 Å². The van der Waals surface area contributed by atoms with Gasteiger partial charge in [0.15, 0.2) is 0 Å². The Morgan fingerprint density at radius 1 is 1.73 bits per heavy atom. The molecule has 1 aliphatic rings. The third-order valence-corrected chi connectivity index (χ3v) is 1.60. The number of carboxylic acid groups (broad SMARTS) is 1. The molecule has 0 aliphatic carbocycles. The van der Waals surface area contributed by atoms with Gasteiger partial charge in [0.25, 0.3) is 0 Å². The van der Waals surface area contributed by atoms with E-state index in [0.29, 0.717) is 0 Å². The first-order valence-corrected chi connectivity index (χ1v) is 3.68. The molecule has 1 heterocycles. The number of carbonyl (C=O) groups is 1. The Bertz CT molecular complexity index is 159. The fraction of sp³-hybridized carbons (Fsp3) is 0.571. The van der Waals surface area contributed by atoms with E-state index in [1.807, 2.05) is 6.92 Å². The van der Waals surface area contributed by atoms with E-state index in [1.54, 1.807) is 0 Å². The van der Waals surface area contributed by atoms with E-state index < -0.39 is 5.97 Å². The predicted octanol–water partition coefficient (Wildman–Crippen LogP) is 0.324. The Hall–Kier alpha value is -0.640. The molecule has 3 nitrogen and oxygen atoms in total. The summed E-state index contributed by atoms with van der Waals surface area (Å²) >= 11 is 4.14. The fourth-order valence-electron chi connectivity index (χ4n) is 0.560. The number of hydrogen-bond donors (Lipinski definition) is 1. The first-order valence-electron chi connectivity index (χ1n) is 3.23. The molecule has 0 aromatic heterocycles. The van der Waals surface area contributed by atoms with Crippen molar-refractivity contribution in [3.05, 3.63) is 10.7 Å². The lowest BCUT2D eigenvalue weighted by Gasteiger charge is -1.90. The van der Waals surface area contributed by atoms with Crippen molar-refractivity contribution >= 4 is 18.6 Å². The molecule has 0 N–H and O–H groups in total. The SMILES string of the molecule is CC(=O)[O-].CC1=C(S)CCO1. The molecular formula is C7H11O3S-. The van der Waals surface area contributed by atoms with Crippen LogP contribution in [0.3, 0.4) is 0 Å². The van der Waals surface area contributed by atoms with Gasteiger partial charge in [0.2, 0.25) is 0 Å². The van der Waals surface area contributed by atoms with Gasteiger partial charge < -0.3 is 14.6 Å². The Kier molecular flexibility index (Phi) is 4.77. The van der Waals surface area contributed by atoms with Gasteiger partial charge >= 0.3 is 0 Å². The molecule has 0 fully saturated rings. The summed E-state index contributed by atoms with van der Waals surface area (Å²) in [6, 6.07) is 0. The van der Waals surface area contributed by atoms with Crippen LogP contribution in [0.5, 0.6) is 0 Å². The monoisotopic (exact) mass is 175 g/mol. The van der Waals surface area contributed by atoms with Crippen molar-refractivity contribution in [2.75, 3.05) is 6.61 Å². The molecule has 0 saturated heterocycles. The van der Waals surface area contributed by atoms with Gasteiger partial charge in [0.1, 0.15) is 5.76 Å². The topological polar surface area (TPSA) is 49.4 Å². The van der Waals surface area contributed by atoms with Crippen LogP contribution in [0.1, 0.15) is 20.3 Å². The number of thiol groups is 1. The highest BCUT2D eigenvalue weighted by molar-refractivity contribution is 7.84. The second-order valence-electron chi connectivity index (χ2n) is 2.09. The van der Waals surface area contributed by atoms with Crippen molar-refractivity contribution < 1.29 is 14.6 Å². The van der Waals surface area contributed by atoms with Crippen molar-refractivity contribution in [2.45, 2.75) is 20.3 Å². The highest BCUT2D eigenvalue weighted by atomic mass is 32.1. The number of aliphatic carboxylic acids is 1. The van der Waals surface area contributed by atoms with E-state index >= 15 is 0 Å². The van der Waals surface area contributed by atoms with Crippen LogP contribution in [-0.2, 0) is 9.53 Å². The van der Waals surface area contributed by atoms with Crippen LogP contribution in [0.2, 0.25) is 0 Å². The second-order valence-corrected chi connectivity index (χ2v) is 2.63. The number of ether oxygens (including phenoxy) is 1. The molecule has 0 spiro atoms. The summed E-state index contributed by atoms with van der Waals surface area (Å²) in [6.07, 6.45) is 0.995. The minimum atomic E-state index is -1.08. The lowest BCUT2D eigenvalue weighted by molar-refractivity contribution is -0.302. The Morgan fingerprint density at radius 3 is 2.27 bits per heavy atom. The molecule has 0 saturated carbocycles. The summed E-state index contributed by atoms with van der Waals surface area (Å²) in [6.45, 7) is 3.74. The summed E-state index contributed by atoms with van der Waals surface area (Å²) in [5.74, 6) is -0.0941. The Labute approximate surface area is 71.5 Å². The number of allylic oxidation sites excluding steroid dienone is 1. The van der Waals surface area contributed by atoms with Crippen molar-refractivity contribution in [1.82, 2.24) is 0 Å². The summed E-state index contributed by atoms with van der Waals surface area (Å²) in [4.78, 5) is 9.99. The Morgan fingerprint density at radius 2 is 2.18 bits per heavy atom. The molecule has 0 bridgehead atoms. The maximum Gasteiger partial charge on any atom is 0.102 e. The molecule has 0 amide bonds. The lowest BCUT2D eigenvalue weighted by atomic mass is 10.4. The zero-order chi connectivity index (χ0) is 8.85. The van der Waals surface area contributed by atoms with Crippen LogP contribution in [0.15, 0.2) is 10.7 Å². The quantitative estimate of drug-likeness (QED) is 0.539. The standard InChI is InChI=1S/C5H8OS.C2H4O2/c1-4-5(7)2-3-6-4;1-2(3)4/h7H,2-3H2,1H3;1H3,(H,3,4)/p-1. The first kappa shape index (κ1) is 10.4. The third-order valence-electron chi connectivity index (χ3n) is 1.06. The van der Waals surface area contributed by atoms with Crippen LogP contribution in [0.4, 0.5) is 0 Å². The lowest BCUT2D eigenvalue weighted by Crippen LogP contribution is -2.16. The third kappa shape index (κ3) is 5.79. The molecule has 1 rings (SSSR count). The molecule has 0 unspecified atom stereocenters. The van der Waals surface area contributed by atoms with E-state index in [-0.39, 0.29) is 0 Å². The van der Waals surface area contributed by atoms with E-state index in [0.717, 1.165) is 30.6 Å². The number of hydrogen-bond acceptors (Lipinski definition) is 4. The van der Waals surface area contributed by atoms with E-state index in [1.165, 1.54) is 0 Å². The second kappa shape index (κ2) is 5.07. The first-order chi connectivity index (χ1) is 5.04. The van der Waals surface area contributed by atoms with Crippen LogP contribution in [0.25, 0.3) is 0 Å². The molecule has 0 aromatic carbocycles. The van der Waals surface area contributed by atoms with Crippen molar-refractivity contribution in [3.63, 3.8) is 0 Å². The van der Waals surface area contributed by atoms with E-state index in [4.69, 9.17) is 14.6 Å². The fourth-order valence-corrected chi connectivity index (χ4v) is 0.716. The normalized spacial score (nSPS) is 15.2. The Balaban J connectivity index is 0.000000218. The van der Waals surface area contributed by atoms with Gasteiger partial charge in [-0.05, 0) is 13.8 Å². The summed E-state index contributed by atoms with van der Waals surface area (Å²) < 4.78 is 5.07. The summed E-state index contributed by atoms with van der Waals surface area (Å²) in [5.41, 5.74) is 0. The minimum Gasteiger partial charge on any atom is -0.550 e. The van der Waals surface area contributed by atoms with Crippen molar-refractivity contribution in [1.29, 1.82) is 0 Å². The molecule has 1 aliphatic heterocycles. The maximum absolute atomic E-state index is 8.89. The number of rotatable bonds is 0. The number of carboxylic acids is 1. The average molecular weight is 175 g/mol. The largest absolute Gasteiger partial charge is 0.550 e. The number of carbonyl (C=O) groups excluding carboxylic acids is 1. The summed E-state index contributed by atoms with van der Waals surface area (Å²) in [5, 5.41) is 8.89. The molecule has 11 heavy (non-hydrogen) atoms. The zero-order valence-electron chi connectivity index (χ0n) is 6.59. The summed E-state index contributed by atoms with van der Waals surface area (Å²) in [7, 11) is 0. The van der Waals surface area contributed by atoms with Crippen LogP contribution in [0, 0.1) is 0 Å². The molecule has 4 heteroatoms. The van der Waals surface area contributed by atoms with Crippen LogP contribution < -0.4 is 5.11 Å². The van der Waals surface area contributed by atoms with Crippen LogP contribution >= 0.6 is 12.6 Å². The van der Waals surface area contributed by atoms with Gasteiger partial charge in [-0.1, -0.05) is 0 Å². The molecule has 64 valence electrons. The molecule has 0 atom stereocenters. The van der Waals surface area contributed by atoms with Gasteiger partial charge in [-0.3, -0.25) is 0 Å². The average Bonchev–Trinajstić information content (AvgIpc) is 2.15. The maximum atomic E-state index is 8.89. The van der Waals surface area contributed by atoms with Crippen LogP contribution in [-0.4, -0.2) is 12.6 Å². The van der Waals surface area contributed by atoms with Gasteiger partial charge in [-0.25, -0.2) is 0 Å². The van der Waals surface area contributed by atoms with Gasteiger partial charge in [0.05, 0.1) is 6.61 Å². The van der Waals surface area contributed by atoms with Gasteiger partial charge in [-0.2, -0.15) is 0 Å². The predicted molar refractivity (Wildman–Crippen MR) is 42.9 cm³/mol. The highest BCUT2D eigenvalue weighted by Crippen LogP contribution is 2.20. The smallest absolute Gasteiger partial charge is 0.102 e. The zero-order valence-corrected chi connectivity index (χ0v) is 7.48. The van der Waals surface area contributed by atoms with E-state index in [9.17, 15) is 0 Å². The van der Waals surface area contributed by atoms with E-state index in [2.05, 4.69) is 12.6 Å². The van der Waals surface area contributed by atoms with Gasteiger partial charge in [-0.15, -0.1) is 12.6 Å². The highest BCUT2D eigenvalue weighted by Gasteiger charge is 2.05. The van der Waals surface area contributed by atoms with Crippen molar-refractivity contribution in [2.24, 2.45) is 0 Å². The minimum absolute atomic E-state index is 0.824.